The Bertz CT molecular complexity index is 602. The van der Waals surface area contributed by atoms with Crippen LogP contribution in [0.5, 0.6) is 5.75 Å². The van der Waals surface area contributed by atoms with Crippen LogP contribution in [0.1, 0.15) is 13.8 Å². The third-order valence-electron chi connectivity index (χ3n) is 2.98. The maximum Gasteiger partial charge on any atom is 0.258 e. The third kappa shape index (κ3) is 3.48. The summed E-state index contributed by atoms with van der Waals surface area (Å²) in [7, 11) is 0. The first-order chi connectivity index (χ1) is 9.52. The average Bonchev–Trinajstić information content (AvgIpc) is 2.44. The molecule has 0 heterocycles. The first-order valence-corrected chi connectivity index (χ1v) is 6.54. The van der Waals surface area contributed by atoms with Crippen LogP contribution in [0.4, 0.5) is 0 Å². The number of fused-ring (bicyclic) bond motifs is 1. The second kappa shape index (κ2) is 5.92. The first-order valence-electron chi connectivity index (χ1n) is 6.54. The van der Waals surface area contributed by atoms with E-state index in [0.29, 0.717) is 5.75 Å². The van der Waals surface area contributed by atoms with Gasteiger partial charge in [-0.15, -0.1) is 0 Å². The number of carbonyl (C=O) groups excluding carboxylic acids is 1. The molecule has 20 heavy (non-hydrogen) atoms. The van der Waals surface area contributed by atoms with Crippen molar-refractivity contribution < 1.29 is 14.6 Å². The monoisotopic (exact) mass is 273 g/mol. The lowest BCUT2D eigenvalue weighted by Crippen LogP contribution is -2.48. The van der Waals surface area contributed by atoms with Crippen molar-refractivity contribution in [2.75, 3.05) is 13.2 Å². The minimum Gasteiger partial charge on any atom is -0.483 e. The third-order valence-corrected chi connectivity index (χ3v) is 2.98. The van der Waals surface area contributed by atoms with Crippen molar-refractivity contribution in [1.29, 1.82) is 0 Å². The Morgan fingerprint density at radius 2 is 1.90 bits per heavy atom. The Kier molecular flexibility index (Phi) is 4.25. The van der Waals surface area contributed by atoms with Gasteiger partial charge in [0.2, 0.25) is 0 Å². The molecule has 0 radical (unpaired) electrons. The molecular weight excluding hydrogens is 254 g/mol. The highest BCUT2D eigenvalue weighted by molar-refractivity contribution is 5.88. The molecule has 4 heteroatoms. The molecule has 2 aromatic rings. The molecule has 0 aliphatic rings. The molecule has 0 unspecified atom stereocenters. The van der Waals surface area contributed by atoms with E-state index in [2.05, 4.69) is 5.32 Å². The summed E-state index contributed by atoms with van der Waals surface area (Å²) in [6.07, 6.45) is 0. The lowest BCUT2D eigenvalue weighted by molar-refractivity contribution is -0.125. The number of aliphatic hydroxyl groups is 1. The van der Waals surface area contributed by atoms with Crippen LogP contribution in [0, 0.1) is 0 Å². The van der Waals surface area contributed by atoms with Crippen LogP contribution >= 0.6 is 0 Å². The summed E-state index contributed by atoms with van der Waals surface area (Å²) < 4.78 is 5.58. The summed E-state index contributed by atoms with van der Waals surface area (Å²) in [5.41, 5.74) is -0.640. The number of rotatable bonds is 5. The molecule has 0 aliphatic carbocycles. The van der Waals surface area contributed by atoms with Gasteiger partial charge in [-0.3, -0.25) is 4.79 Å². The Labute approximate surface area is 118 Å². The molecule has 0 aromatic heterocycles. The second-order valence-corrected chi connectivity index (χ2v) is 5.36. The van der Waals surface area contributed by atoms with Gasteiger partial charge in [0.05, 0.1) is 12.1 Å². The van der Waals surface area contributed by atoms with Crippen molar-refractivity contribution in [3.8, 4) is 5.75 Å². The van der Waals surface area contributed by atoms with Crippen molar-refractivity contribution in [3.05, 3.63) is 42.5 Å². The molecule has 4 nitrogen and oxygen atoms in total. The van der Waals surface area contributed by atoms with E-state index in [0.717, 1.165) is 10.8 Å². The fourth-order valence-corrected chi connectivity index (χ4v) is 1.92. The maximum atomic E-state index is 11.8. The quantitative estimate of drug-likeness (QED) is 0.877. The topological polar surface area (TPSA) is 58.6 Å². The van der Waals surface area contributed by atoms with Crippen molar-refractivity contribution in [1.82, 2.24) is 5.32 Å². The summed E-state index contributed by atoms with van der Waals surface area (Å²) in [4.78, 5) is 11.8. The molecule has 0 fully saturated rings. The molecule has 0 aliphatic heterocycles. The molecule has 0 atom stereocenters. The van der Waals surface area contributed by atoms with E-state index < -0.39 is 5.54 Å². The van der Waals surface area contributed by atoms with E-state index in [1.165, 1.54) is 0 Å². The largest absolute Gasteiger partial charge is 0.483 e. The molecule has 0 bridgehead atoms. The van der Waals surface area contributed by atoms with E-state index >= 15 is 0 Å². The van der Waals surface area contributed by atoms with E-state index in [9.17, 15) is 4.79 Å². The molecule has 0 saturated carbocycles. The fraction of sp³-hybridized carbons (Fsp3) is 0.312. The van der Waals surface area contributed by atoms with Crippen molar-refractivity contribution >= 4 is 16.7 Å². The minimum absolute atomic E-state index is 0.0720. The second-order valence-electron chi connectivity index (χ2n) is 5.36. The Morgan fingerprint density at radius 3 is 2.65 bits per heavy atom. The number of hydrogen-bond acceptors (Lipinski definition) is 3. The van der Waals surface area contributed by atoms with Gasteiger partial charge in [-0.05, 0) is 25.3 Å². The predicted octanol–water partition coefficient (Wildman–Crippen LogP) is 2.11. The lowest BCUT2D eigenvalue weighted by atomic mass is 10.1. The highest BCUT2D eigenvalue weighted by atomic mass is 16.5. The summed E-state index contributed by atoms with van der Waals surface area (Å²) in [5, 5.41) is 13.9. The molecule has 2 aromatic carbocycles. The number of hydrogen-bond donors (Lipinski definition) is 2. The van der Waals surface area contributed by atoms with Gasteiger partial charge in [0.15, 0.2) is 6.61 Å². The first kappa shape index (κ1) is 14.3. The number of ether oxygens (including phenoxy) is 1. The van der Waals surface area contributed by atoms with Gasteiger partial charge in [-0.1, -0.05) is 36.4 Å². The van der Waals surface area contributed by atoms with Crippen LogP contribution in [-0.2, 0) is 4.79 Å². The molecule has 0 saturated heterocycles. The van der Waals surface area contributed by atoms with E-state index in [-0.39, 0.29) is 19.1 Å². The SMILES string of the molecule is CC(C)(CO)NC(=O)COc1cccc2ccccc12. The van der Waals surface area contributed by atoms with Crippen molar-refractivity contribution in [2.45, 2.75) is 19.4 Å². The van der Waals surface area contributed by atoms with Gasteiger partial charge in [0.1, 0.15) is 5.75 Å². The van der Waals surface area contributed by atoms with E-state index in [1.54, 1.807) is 13.8 Å². The fourth-order valence-electron chi connectivity index (χ4n) is 1.92. The molecule has 2 rings (SSSR count). The van der Waals surface area contributed by atoms with E-state index in [4.69, 9.17) is 9.84 Å². The van der Waals surface area contributed by atoms with Crippen LogP contribution < -0.4 is 10.1 Å². The summed E-state index contributed by atoms with van der Waals surface area (Å²) in [6.45, 7) is 3.32. The van der Waals surface area contributed by atoms with Crippen LogP contribution in [0.2, 0.25) is 0 Å². The van der Waals surface area contributed by atoms with Gasteiger partial charge in [0.25, 0.3) is 5.91 Å². The molecule has 106 valence electrons. The normalized spacial score (nSPS) is 11.3. The summed E-state index contributed by atoms with van der Waals surface area (Å²) >= 11 is 0. The van der Waals surface area contributed by atoms with Gasteiger partial charge >= 0.3 is 0 Å². The average molecular weight is 273 g/mol. The number of carbonyl (C=O) groups is 1. The van der Waals surface area contributed by atoms with Crippen molar-refractivity contribution in [2.24, 2.45) is 0 Å². The highest BCUT2D eigenvalue weighted by Crippen LogP contribution is 2.24. The zero-order chi connectivity index (χ0) is 14.6. The van der Waals surface area contributed by atoms with Crippen molar-refractivity contribution in [3.63, 3.8) is 0 Å². The number of amides is 1. The van der Waals surface area contributed by atoms with Gasteiger partial charge in [-0.2, -0.15) is 0 Å². The Balaban J connectivity index is 2.05. The summed E-state index contributed by atoms with van der Waals surface area (Å²) in [5.74, 6) is 0.428. The Morgan fingerprint density at radius 1 is 1.20 bits per heavy atom. The number of aliphatic hydroxyl groups excluding tert-OH is 1. The number of benzene rings is 2. The van der Waals surface area contributed by atoms with Gasteiger partial charge in [-0.25, -0.2) is 0 Å². The van der Waals surface area contributed by atoms with Gasteiger partial charge in [0, 0.05) is 5.39 Å². The van der Waals surface area contributed by atoms with Gasteiger partial charge < -0.3 is 15.2 Å². The highest BCUT2D eigenvalue weighted by Gasteiger charge is 2.19. The molecule has 0 spiro atoms. The summed E-state index contributed by atoms with van der Waals surface area (Å²) in [6, 6.07) is 13.6. The lowest BCUT2D eigenvalue weighted by Gasteiger charge is -2.23. The number of nitrogens with one attached hydrogen (secondary N) is 1. The molecule has 1 amide bonds. The van der Waals surface area contributed by atoms with Crippen LogP contribution in [-0.4, -0.2) is 29.8 Å². The molecule has 2 N–H and O–H groups in total. The maximum absolute atomic E-state index is 11.8. The Hall–Kier alpha value is -2.07. The smallest absolute Gasteiger partial charge is 0.258 e. The van der Waals surface area contributed by atoms with Crippen LogP contribution in [0.25, 0.3) is 10.8 Å². The minimum atomic E-state index is -0.640. The standard InChI is InChI=1S/C16H19NO3/c1-16(2,11-18)17-15(19)10-20-14-9-5-7-12-6-3-4-8-13(12)14/h3-9,18H,10-11H2,1-2H3,(H,17,19). The molecular formula is C16H19NO3. The zero-order valence-corrected chi connectivity index (χ0v) is 11.7. The predicted molar refractivity (Wildman–Crippen MR) is 78.8 cm³/mol. The zero-order valence-electron chi connectivity index (χ0n) is 11.7. The van der Waals surface area contributed by atoms with Crippen LogP contribution in [0.3, 0.4) is 0 Å². The van der Waals surface area contributed by atoms with Crippen LogP contribution in [0.15, 0.2) is 42.5 Å². The van der Waals surface area contributed by atoms with E-state index in [1.807, 2.05) is 42.5 Å².